The number of aromatic nitrogens is 3. The summed E-state index contributed by atoms with van der Waals surface area (Å²) in [5.41, 5.74) is 3.02. The molecule has 4 aromatic heterocycles. The molecule has 4 heterocycles. The van der Waals surface area contributed by atoms with E-state index in [0.29, 0.717) is 17.3 Å². The van der Waals surface area contributed by atoms with Crippen molar-refractivity contribution in [3.63, 3.8) is 0 Å². The van der Waals surface area contributed by atoms with Crippen LogP contribution in [0.1, 0.15) is 16.2 Å². The summed E-state index contributed by atoms with van der Waals surface area (Å²) < 4.78 is 1.83. The van der Waals surface area contributed by atoms with Gasteiger partial charge < -0.3 is 9.72 Å². The zero-order chi connectivity index (χ0) is 16.5. The minimum Gasteiger partial charge on any atom is -0.345 e. The van der Waals surface area contributed by atoms with Gasteiger partial charge in [0.1, 0.15) is 16.3 Å². The molecular weight excluding hydrogens is 364 g/mol. The zero-order valence-electron chi connectivity index (χ0n) is 12.3. The molecule has 0 spiro atoms. The van der Waals surface area contributed by atoms with Gasteiger partial charge in [0, 0.05) is 28.7 Å². The lowest BCUT2D eigenvalue weighted by Gasteiger charge is -1.99. The van der Waals surface area contributed by atoms with Gasteiger partial charge in [-0.3, -0.25) is 4.79 Å². The highest BCUT2D eigenvalue weighted by atomic mass is 35.5. The molecule has 0 radical (unpaired) electrons. The SMILES string of the molecule is O=C(NCc1cn2cc(Cl)ccc2n1)c1csc(-c2ccsc2)n1. The Labute approximate surface area is 150 Å². The van der Waals surface area contributed by atoms with Gasteiger partial charge in [-0.25, -0.2) is 9.97 Å². The second kappa shape index (κ2) is 6.35. The molecule has 0 saturated heterocycles. The lowest BCUT2D eigenvalue weighted by Crippen LogP contribution is -2.23. The molecule has 120 valence electrons. The van der Waals surface area contributed by atoms with E-state index < -0.39 is 0 Å². The van der Waals surface area contributed by atoms with E-state index in [0.717, 1.165) is 21.9 Å². The van der Waals surface area contributed by atoms with E-state index in [-0.39, 0.29) is 5.91 Å². The lowest BCUT2D eigenvalue weighted by atomic mass is 10.3. The first kappa shape index (κ1) is 15.3. The summed E-state index contributed by atoms with van der Waals surface area (Å²) in [5.74, 6) is -0.206. The van der Waals surface area contributed by atoms with Crippen molar-refractivity contribution in [1.82, 2.24) is 19.7 Å². The van der Waals surface area contributed by atoms with Crippen LogP contribution < -0.4 is 5.32 Å². The fourth-order valence-electron chi connectivity index (χ4n) is 2.26. The van der Waals surface area contributed by atoms with Gasteiger partial charge >= 0.3 is 0 Å². The van der Waals surface area contributed by atoms with Crippen molar-refractivity contribution in [2.75, 3.05) is 0 Å². The quantitative estimate of drug-likeness (QED) is 0.585. The van der Waals surface area contributed by atoms with Crippen LogP contribution >= 0.6 is 34.3 Å². The molecule has 1 amide bonds. The Morgan fingerprint density at radius 1 is 1.21 bits per heavy atom. The summed E-state index contributed by atoms with van der Waals surface area (Å²) in [7, 11) is 0. The third-order valence-corrected chi connectivity index (χ3v) is 5.20. The number of amides is 1. The number of hydrogen-bond acceptors (Lipinski definition) is 5. The van der Waals surface area contributed by atoms with E-state index in [9.17, 15) is 4.79 Å². The maximum atomic E-state index is 12.3. The third kappa shape index (κ3) is 3.06. The molecule has 0 fully saturated rings. The first-order valence-electron chi connectivity index (χ1n) is 7.08. The van der Waals surface area contributed by atoms with E-state index in [4.69, 9.17) is 11.6 Å². The number of nitrogens with one attached hydrogen (secondary N) is 1. The third-order valence-electron chi connectivity index (χ3n) is 3.40. The van der Waals surface area contributed by atoms with Crippen LogP contribution in [-0.2, 0) is 6.54 Å². The molecule has 0 saturated carbocycles. The van der Waals surface area contributed by atoms with Gasteiger partial charge in [-0.1, -0.05) is 11.6 Å². The molecular formula is C16H11ClN4OS2. The number of hydrogen-bond donors (Lipinski definition) is 1. The Bertz CT molecular complexity index is 1010. The Kier molecular flexibility index (Phi) is 4.05. The van der Waals surface area contributed by atoms with E-state index >= 15 is 0 Å². The summed E-state index contributed by atoms with van der Waals surface area (Å²) in [6.45, 7) is 0.337. The van der Waals surface area contributed by atoms with E-state index in [1.54, 1.807) is 29.0 Å². The molecule has 0 bridgehead atoms. The number of rotatable bonds is 4. The maximum Gasteiger partial charge on any atom is 0.271 e. The van der Waals surface area contributed by atoms with Crippen LogP contribution in [0.4, 0.5) is 0 Å². The monoisotopic (exact) mass is 374 g/mol. The first-order valence-corrected chi connectivity index (χ1v) is 9.28. The van der Waals surface area contributed by atoms with Crippen molar-refractivity contribution < 1.29 is 4.79 Å². The van der Waals surface area contributed by atoms with Crippen molar-refractivity contribution in [3.8, 4) is 10.6 Å². The van der Waals surface area contributed by atoms with Crippen molar-refractivity contribution in [2.24, 2.45) is 0 Å². The second-order valence-corrected chi connectivity index (χ2v) is 7.15. The molecule has 1 N–H and O–H groups in total. The number of carbonyl (C=O) groups is 1. The fourth-order valence-corrected chi connectivity index (χ4v) is 3.94. The van der Waals surface area contributed by atoms with Crippen LogP contribution in [0.2, 0.25) is 5.02 Å². The van der Waals surface area contributed by atoms with E-state index in [1.807, 2.05) is 33.5 Å². The number of imidazole rings is 1. The largest absolute Gasteiger partial charge is 0.345 e. The molecule has 24 heavy (non-hydrogen) atoms. The molecule has 0 aromatic carbocycles. The number of pyridine rings is 1. The van der Waals surface area contributed by atoms with Gasteiger partial charge in [-0.2, -0.15) is 11.3 Å². The highest BCUT2D eigenvalue weighted by Gasteiger charge is 2.12. The van der Waals surface area contributed by atoms with Crippen LogP contribution in [0, 0.1) is 0 Å². The number of thiophene rings is 1. The number of carbonyl (C=O) groups excluding carboxylic acids is 1. The Morgan fingerprint density at radius 3 is 2.96 bits per heavy atom. The fraction of sp³-hybridized carbons (Fsp3) is 0.0625. The van der Waals surface area contributed by atoms with Crippen LogP contribution in [0.15, 0.2) is 46.7 Å². The van der Waals surface area contributed by atoms with Crippen LogP contribution in [-0.4, -0.2) is 20.3 Å². The highest BCUT2D eigenvalue weighted by Crippen LogP contribution is 2.25. The molecule has 4 rings (SSSR count). The number of thiazole rings is 1. The summed E-state index contributed by atoms with van der Waals surface area (Å²) in [4.78, 5) is 21.1. The summed E-state index contributed by atoms with van der Waals surface area (Å²) in [5, 5.41) is 10.1. The number of nitrogens with zero attached hydrogens (tertiary/aromatic N) is 3. The predicted octanol–water partition coefficient (Wildman–Crippen LogP) is 4.10. The van der Waals surface area contributed by atoms with Crippen molar-refractivity contribution in [3.05, 3.63) is 63.1 Å². The molecule has 8 heteroatoms. The maximum absolute atomic E-state index is 12.3. The Hall–Kier alpha value is -2.22. The van der Waals surface area contributed by atoms with Crippen molar-refractivity contribution >= 4 is 45.8 Å². The summed E-state index contributed by atoms with van der Waals surface area (Å²) in [6, 6.07) is 5.61. The van der Waals surface area contributed by atoms with Gasteiger partial charge in [0.15, 0.2) is 0 Å². The van der Waals surface area contributed by atoms with Gasteiger partial charge in [-0.05, 0) is 23.6 Å². The highest BCUT2D eigenvalue weighted by molar-refractivity contribution is 7.14. The van der Waals surface area contributed by atoms with Crippen LogP contribution in [0.5, 0.6) is 0 Å². The molecule has 5 nitrogen and oxygen atoms in total. The number of fused-ring (bicyclic) bond motifs is 1. The Morgan fingerprint density at radius 2 is 2.12 bits per heavy atom. The molecule has 0 aliphatic carbocycles. The lowest BCUT2D eigenvalue weighted by molar-refractivity contribution is 0.0946. The van der Waals surface area contributed by atoms with Crippen molar-refractivity contribution in [1.29, 1.82) is 0 Å². The average molecular weight is 375 g/mol. The molecule has 0 unspecified atom stereocenters. The first-order chi connectivity index (χ1) is 11.7. The van der Waals surface area contributed by atoms with Crippen LogP contribution in [0.25, 0.3) is 16.2 Å². The molecule has 0 aliphatic rings. The predicted molar refractivity (Wildman–Crippen MR) is 96.8 cm³/mol. The van der Waals surface area contributed by atoms with Crippen LogP contribution in [0.3, 0.4) is 0 Å². The minimum atomic E-state index is -0.206. The summed E-state index contributed by atoms with van der Waals surface area (Å²) >= 11 is 9.03. The second-order valence-electron chi connectivity index (χ2n) is 5.08. The average Bonchev–Trinajstić information content (AvgIpc) is 3.30. The van der Waals surface area contributed by atoms with Crippen molar-refractivity contribution in [2.45, 2.75) is 6.54 Å². The van der Waals surface area contributed by atoms with Gasteiger partial charge in [-0.15, -0.1) is 11.3 Å². The molecule has 0 atom stereocenters. The molecule has 0 aliphatic heterocycles. The van der Waals surface area contributed by atoms with Gasteiger partial charge in [0.2, 0.25) is 0 Å². The van der Waals surface area contributed by atoms with E-state index in [1.165, 1.54) is 11.3 Å². The molecule has 4 aromatic rings. The minimum absolute atomic E-state index is 0.206. The normalized spacial score (nSPS) is 11.0. The van der Waals surface area contributed by atoms with Gasteiger partial charge in [0.05, 0.1) is 17.3 Å². The topological polar surface area (TPSA) is 59.3 Å². The van der Waals surface area contributed by atoms with E-state index in [2.05, 4.69) is 15.3 Å². The smallest absolute Gasteiger partial charge is 0.271 e. The van der Waals surface area contributed by atoms with Gasteiger partial charge in [0.25, 0.3) is 5.91 Å². The summed E-state index contributed by atoms with van der Waals surface area (Å²) in [6.07, 6.45) is 3.63. The standard InChI is InChI=1S/C16H11ClN4OS2/c17-11-1-2-14-19-12(7-21(14)6-11)5-18-15(22)13-9-24-16(20-13)10-3-4-23-8-10/h1-4,6-9H,5H2,(H,18,22). The number of halogens is 1. The Balaban J connectivity index is 1.46. The zero-order valence-corrected chi connectivity index (χ0v) is 14.7.